The van der Waals surface area contributed by atoms with Crippen LogP contribution in [-0.4, -0.2) is 22.9 Å². The van der Waals surface area contributed by atoms with Gasteiger partial charge in [-0.1, -0.05) is 60.2 Å². The third kappa shape index (κ3) is 2.97. The smallest absolute Gasteiger partial charge is 0.186 e. The number of rotatable bonds is 3. The fourth-order valence-corrected chi connectivity index (χ4v) is 5.42. The normalized spacial score (nSPS) is 22.1. The lowest BCUT2D eigenvalue weighted by atomic mass is 9.69. The number of carbonyl (C=O) groups excluding carboxylic acids is 1. The Morgan fingerprint density at radius 1 is 1.06 bits per heavy atom. The van der Waals surface area contributed by atoms with Crippen molar-refractivity contribution in [2.45, 2.75) is 31.8 Å². The zero-order chi connectivity index (χ0) is 23.2. The summed E-state index contributed by atoms with van der Waals surface area (Å²) in [5.74, 6) is -0.765. The topological polar surface area (TPSA) is 80.8 Å². The Hall–Kier alpha value is -4.22. The van der Waals surface area contributed by atoms with Gasteiger partial charge in [-0.3, -0.25) is 9.78 Å². The predicted octanol–water partition coefficient (Wildman–Crippen LogP) is 4.98. The number of hydrogen-bond acceptors (Lipinski definition) is 5. The number of nitrogens with zero attached hydrogens (tertiary/aromatic N) is 4. The molecule has 3 atom stereocenters. The summed E-state index contributed by atoms with van der Waals surface area (Å²) in [5.41, 5.74) is 3.64. The van der Waals surface area contributed by atoms with Crippen molar-refractivity contribution in [3.05, 3.63) is 101 Å². The molecule has 0 N–H and O–H groups in total. The zero-order valence-corrected chi connectivity index (χ0v) is 18.4. The Labute approximate surface area is 193 Å². The fourth-order valence-electron chi connectivity index (χ4n) is 5.42. The van der Waals surface area contributed by atoms with Gasteiger partial charge in [-0.15, -0.1) is 0 Å². The summed E-state index contributed by atoms with van der Waals surface area (Å²) >= 11 is 0. The number of nitriles is 2. The van der Waals surface area contributed by atoms with Crippen molar-refractivity contribution >= 4 is 17.5 Å². The first-order valence-corrected chi connectivity index (χ1v) is 10.9. The first-order valence-electron chi connectivity index (χ1n) is 10.9. The lowest BCUT2D eigenvalue weighted by Crippen LogP contribution is -2.44. The van der Waals surface area contributed by atoms with Crippen molar-refractivity contribution in [2.24, 2.45) is 5.41 Å². The highest BCUT2D eigenvalue weighted by molar-refractivity contribution is 6.05. The molecule has 0 unspecified atom stereocenters. The van der Waals surface area contributed by atoms with Gasteiger partial charge in [0.05, 0.1) is 18.2 Å². The van der Waals surface area contributed by atoms with Gasteiger partial charge in [-0.2, -0.15) is 10.5 Å². The third-order valence-corrected chi connectivity index (χ3v) is 6.87. The van der Waals surface area contributed by atoms with Crippen LogP contribution in [0.2, 0.25) is 0 Å². The third-order valence-electron chi connectivity index (χ3n) is 6.87. The van der Waals surface area contributed by atoms with Crippen molar-refractivity contribution in [2.75, 3.05) is 4.90 Å². The Morgan fingerprint density at radius 2 is 1.85 bits per heavy atom. The maximum Gasteiger partial charge on any atom is 0.186 e. The summed E-state index contributed by atoms with van der Waals surface area (Å²) in [4.78, 5) is 20.5. The van der Waals surface area contributed by atoms with E-state index in [9.17, 15) is 15.3 Å². The average molecular weight is 431 g/mol. The maximum absolute atomic E-state index is 14.2. The molecule has 0 bridgehead atoms. The van der Waals surface area contributed by atoms with Crippen molar-refractivity contribution < 1.29 is 4.79 Å². The van der Waals surface area contributed by atoms with E-state index in [1.807, 2.05) is 79.4 Å². The van der Waals surface area contributed by atoms with Crippen LogP contribution < -0.4 is 4.90 Å². The molecule has 160 valence electrons. The molecule has 0 radical (unpaired) electrons. The molecule has 1 fully saturated rings. The van der Waals surface area contributed by atoms with E-state index in [1.165, 1.54) is 0 Å². The molecule has 2 aliphatic rings. The van der Waals surface area contributed by atoms with Crippen LogP contribution in [0.4, 0.5) is 5.69 Å². The first-order chi connectivity index (χ1) is 16.0. The van der Waals surface area contributed by atoms with E-state index in [2.05, 4.69) is 17.1 Å². The number of Topliss-reactive ketones (excluding diaryl/α,β-unsaturated/α-hetero) is 1. The summed E-state index contributed by atoms with van der Waals surface area (Å²) in [7, 11) is 0. The number of anilines is 1. The molecule has 3 heterocycles. The number of aryl methyl sites for hydroxylation is 2. The monoisotopic (exact) mass is 430 g/mol. The van der Waals surface area contributed by atoms with Gasteiger partial charge in [-0.05, 0) is 42.7 Å². The van der Waals surface area contributed by atoms with E-state index < -0.39 is 23.4 Å². The van der Waals surface area contributed by atoms with Crippen LogP contribution in [0.3, 0.4) is 0 Å². The molecule has 0 spiro atoms. The molecule has 2 aromatic carbocycles. The van der Waals surface area contributed by atoms with Crippen molar-refractivity contribution in [1.29, 1.82) is 10.5 Å². The maximum atomic E-state index is 14.2. The summed E-state index contributed by atoms with van der Waals surface area (Å²) < 4.78 is 0. The van der Waals surface area contributed by atoms with Crippen LogP contribution in [0.5, 0.6) is 0 Å². The number of aromatic nitrogens is 1. The molecule has 1 saturated heterocycles. The molecular weight excluding hydrogens is 408 g/mol. The molecular formula is C28H22N4O. The van der Waals surface area contributed by atoms with Crippen molar-refractivity contribution in [3.8, 4) is 12.1 Å². The first kappa shape index (κ1) is 20.7. The number of ketones is 1. The largest absolute Gasteiger partial charge is 0.351 e. The van der Waals surface area contributed by atoms with Gasteiger partial charge in [-0.25, -0.2) is 0 Å². The lowest BCUT2D eigenvalue weighted by Gasteiger charge is -2.35. The second-order valence-electron chi connectivity index (χ2n) is 8.75. The van der Waals surface area contributed by atoms with E-state index in [1.54, 1.807) is 18.5 Å². The van der Waals surface area contributed by atoms with Gasteiger partial charge in [0.25, 0.3) is 0 Å². The highest BCUT2D eigenvalue weighted by Crippen LogP contribution is 2.55. The van der Waals surface area contributed by atoms with Gasteiger partial charge in [0.15, 0.2) is 11.2 Å². The minimum absolute atomic E-state index is 0.0937. The Morgan fingerprint density at radius 3 is 2.55 bits per heavy atom. The highest BCUT2D eigenvalue weighted by Gasteiger charge is 2.63. The second-order valence-corrected chi connectivity index (χ2v) is 8.75. The minimum atomic E-state index is -1.45. The van der Waals surface area contributed by atoms with E-state index >= 15 is 0 Å². The molecule has 33 heavy (non-hydrogen) atoms. The van der Waals surface area contributed by atoms with Gasteiger partial charge in [0.1, 0.15) is 6.04 Å². The molecule has 0 aliphatic carbocycles. The number of para-hydroxylation sites is 1. The van der Waals surface area contributed by atoms with Crippen LogP contribution in [0.15, 0.2) is 73.1 Å². The van der Waals surface area contributed by atoms with Crippen LogP contribution in [0.1, 0.15) is 38.5 Å². The molecule has 2 aliphatic heterocycles. The van der Waals surface area contributed by atoms with Gasteiger partial charge in [0.2, 0.25) is 0 Å². The van der Waals surface area contributed by atoms with E-state index in [4.69, 9.17) is 0 Å². The average Bonchev–Trinajstić information content (AvgIpc) is 3.15. The molecule has 5 nitrogen and oxygen atoms in total. The standard InChI is InChI=1S/C28H22N4O/c1-18-9-11-22(19(2)14-18)27(33)26-25(21-7-5-13-31-15-21)28(16-29,17-30)24-12-10-20-6-3-4-8-23(20)32(24)26/h3-15,24-26H,1-2H3/t24-,25+,26-/m0/s1. The lowest BCUT2D eigenvalue weighted by molar-refractivity contribution is 0.0950. The fraction of sp³-hybridized carbons (Fsp3) is 0.214. The highest BCUT2D eigenvalue weighted by atomic mass is 16.1. The summed E-state index contributed by atoms with van der Waals surface area (Å²) in [5, 5.41) is 20.9. The number of fused-ring (bicyclic) bond motifs is 3. The number of benzene rings is 2. The zero-order valence-electron chi connectivity index (χ0n) is 18.4. The van der Waals surface area contributed by atoms with Gasteiger partial charge >= 0.3 is 0 Å². The minimum Gasteiger partial charge on any atom is -0.351 e. The summed E-state index contributed by atoms with van der Waals surface area (Å²) in [6, 6.07) is 20.6. The number of hydrogen-bond donors (Lipinski definition) is 0. The quantitative estimate of drug-likeness (QED) is 0.547. The molecule has 0 saturated carbocycles. The van der Waals surface area contributed by atoms with Crippen LogP contribution in [-0.2, 0) is 0 Å². The van der Waals surface area contributed by atoms with Crippen LogP contribution >= 0.6 is 0 Å². The Bertz CT molecular complexity index is 1350. The Kier molecular flexibility index (Phi) is 4.84. The SMILES string of the molecule is Cc1ccc(C(=O)[C@@H]2[C@@H](c3cccnc3)C(C#N)(C#N)[C@@H]3C=Cc4ccccc4N23)c(C)c1. The molecule has 5 heteroatoms. The van der Waals surface area contributed by atoms with Gasteiger partial charge < -0.3 is 4.90 Å². The van der Waals surface area contributed by atoms with E-state index in [0.717, 1.165) is 22.4 Å². The number of pyridine rings is 1. The Balaban J connectivity index is 1.79. The molecule has 5 rings (SSSR count). The van der Waals surface area contributed by atoms with Crippen LogP contribution in [0.25, 0.3) is 6.08 Å². The van der Waals surface area contributed by atoms with E-state index in [-0.39, 0.29) is 5.78 Å². The molecule has 0 amide bonds. The van der Waals surface area contributed by atoms with Crippen molar-refractivity contribution in [1.82, 2.24) is 4.98 Å². The van der Waals surface area contributed by atoms with Crippen molar-refractivity contribution in [3.63, 3.8) is 0 Å². The van der Waals surface area contributed by atoms with Gasteiger partial charge in [0, 0.05) is 29.6 Å². The van der Waals surface area contributed by atoms with Crippen LogP contribution in [0, 0.1) is 41.9 Å². The second kappa shape index (κ2) is 7.73. The number of carbonyl (C=O) groups is 1. The predicted molar refractivity (Wildman–Crippen MR) is 126 cm³/mol. The molecule has 1 aromatic heterocycles. The molecule has 3 aromatic rings. The summed E-state index contributed by atoms with van der Waals surface area (Å²) in [6.07, 6.45) is 7.17. The summed E-state index contributed by atoms with van der Waals surface area (Å²) in [6.45, 7) is 3.92. The van der Waals surface area contributed by atoms with E-state index in [0.29, 0.717) is 11.1 Å².